The Morgan fingerprint density at radius 1 is 1.10 bits per heavy atom. The van der Waals surface area contributed by atoms with Crippen molar-refractivity contribution >= 4 is 31.4 Å². The molecule has 0 bridgehead atoms. The SMILES string of the molecule is COc1ccc([N+](=O)[O-])cc1S(=O)(=O)Nc1cccc(S(=O)(=O)N2CCOCC2)c1. The van der Waals surface area contributed by atoms with Crippen LogP contribution in [0.5, 0.6) is 5.75 Å². The van der Waals surface area contributed by atoms with Crippen LogP contribution in [0.3, 0.4) is 0 Å². The summed E-state index contributed by atoms with van der Waals surface area (Å²) >= 11 is 0. The average Bonchev–Trinajstić information content (AvgIpc) is 2.73. The molecular formula is C17H19N3O8S2. The van der Waals surface area contributed by atoms with Crippen molar-refractivity contribution in [3.05, 3.63) is 52.6 Å². The number of sulfonamides is 2. The molecule has 0 aliphatic carbocycles. The smallest absolute Gasteiger partial charge is 0.271 e. The number of anilines is 1. The highest BCUT2D eigenvalue weighted by atomic mass is 32.2. The summed E-state index contributed by atoms with van der Waals surface area (Å²) in [7, 11) is -6.91. The second-order valence-electron chi connectivity index (χ2n) is 6.24. The van der Waals surface area contributed by atoms with Crippen LogP contribution in [0, 0.1) is 10.1 Å². The van der Waals surface area contributed by atoms with Gasteiger partial charge in [0.15, 0.2) is 0 Å². The molecule has 1 aliphatic heterocycles. The van der Waals surface area contributed by atoms with E-state index in [1.54, 1.807) is 0 Å². The van der Waals surface area contributed by atoms with Gasteiger partial charge in [0.2, 0.25) is 10.0 Å². The average molecular weight is 457 g/mol. The molecule has 2 aromatic rings. The molecule has 0 radical (unpaired) electrons. The van der Waals surface area contributed by atoms with Crippen molar-refractivity contribution in [2.75, 3.05) is 38.1 Å². The number of morpholine rings is 1. The third-order valence-electron chi connectivity index (χ3n) is 4.34. The molecule has 0 unspecified atom stereocenters. The van der Waals surface area contributed by atoms with E-state index in [0.717, 1.165) is 12.1 Å². The van der Waals surface area contributed by atoms with Crippen molar-refractivity contribution < 1.29 is 31.2 Å². The van der Waals surface area contributed by atoms with E-state index < -0.39 is 35.6 Å². The van der Waals surface area contributed by atoms with Crippen LogP contribution in [0.15, 0.2) is 52.3 Å². The van der Waals surface area contributed by atoms with Gasteiger partial charge in [-0.15, -0.1) is 0 Å². The lowest BCUT2D eigenvalue weighted by molar-refractivity contribution is -0.385. The quantitative estimate of drug-likeness (QED) is 0.485. The van der Waals surface area contributed by atoms with Crippen molar-refractivity contribution in [3.8, 4) is 5.75 Å². The normalized spacial score (nSPS) is 15.5. The van der Waals surface area contributed by atoms with Crippen LogP contribution in [0.1, 0.15) is 0 Å². The standard InChI is InChI=1S/C17H19N3O8S2/c1-27-16-6-5-14(20(21)22)12-17(16)29(23,24)18-13-3-2-4-15(11-13)30(25,26)19-7-9-28-10-8-19/h2-6,11-12,18H,7-10H2,1H3. The summed E-state index contributed by atoms with van der Waals surface area (Å²) in [6, 6.07) is 8.48. The molecule has 1 fully saturated rings. The maximum Gasteiger partial charge on any atom is 0.271 e. The molecule has 162 valence electrons. The van der Waals surface area contributed by atoms with Crippen LogP contribution in [0.2, 0.25) is 0 Å². The Labute approximate surface area is 173 Å². The summed E-state index contributed by atoms with van der Waals surface area (Å²) in [5, 5.41) is 11.0. The molecule has 0 spiro atoms. The highest BCUT2D eigenvalue weighted by Crippen LogP contribution is 2.30. The first kappa shape index (κ1) is 22.0. The van der Waals surface area contributed by atoms with E-state index >= 15 is 0 Å². The molecule has 1 saturated heterocycles. The number of ether oxygens (including phenoxy) is 2. The number of non-ortho nitro benzene ring substituents is 1. The largest absolute Gasteiger partial charge is 0.495 e. The highest BCUT2D eigenvalue weighted by Gasteiger charge is 2.28. The van der Waals surface area contributed by atoms with Gasteiger partial charge < -0.3 is 9.47 Å². The third-order valence-corrected chi connectivity index (χ3v) is 7.64. The Bertz CT molecular complexity index is 1160. The number of nitrogens with one attached hydrogen (secondary N) is 1. The molecule has 0 saturated carbocycles. The van der Waals surface area contributed by atoms with E-state index in [9.17, 15) is 26.9 Å². The first-order valence-corrected chi connectivity index (χ1v) is 11.6. The molecule has 13 heteroatoms. The van der Waals surface area contributed by atoms with Crippen molar-refractivity contribution in [2.24, 2.45) is 0 Å². The molecule has 1 N–H and O–H groups in total. The number of hydrogen-bond donors (Lipinski definition) is 1. The van der Waals surface area contributed by atoms with Crippen LogP contribution >= 0.6 is 0 Å². The molecule has 0 aromatic heterocycles. The van der Waals surface area contributed by atoms with E-state index in [4.69, 9.17) is 9.47 Å². The zero-order valence-electron chi connectivity index (χ0n) is 15.8. The monoisotopic (exact) mass is 457 g/mol. The molecular weight excluding hydrogens is 438 g/mol. The summed E-state index contributed by atoms with van der Waals surface area (Å²) < 4.78 is 64.9. The van der Waals surface area contributed by atoms with Crippen LogP contribution < -0.4 is 9.46 Å². The first-order valence-electron chi connectivity index (χ1n) is 8.68. The molecule has 3 rings (SSSR count). The van der Waals surface area contributed by atoms with Gasteiger partial charge in [-0.25, -0.2) is 16.8 Å². The summed E-state index contributed by atoms with van der Waals surface area (Å²) in [5.41, 5.74) is -0.447. The van der Waals surface area contributed by atoms with Crippen LogP contribution in [-0.2, 0) is 24.8 Å². The summed E-state index contributed by atoms with van der Waals surface area (Å²) in [6.07, 6.45) is 0. The Hall–Kier alpha value is -2.74. The first-order chi connectivity index (χ1) is 14.1. The third kappa shape index (κ3) is 4.53. The molecule has 1 heterocycles. The Morgan fingerprint density at radius 2 is 1.80 bits per heavy atom. The second kappa shape index (κ2) is 8.55. The molecule has 2 aromatic carbocycles. The maximum atomic E-state index is 12.8. The topological polar surface area (TPSA) is 145 Å². The van der Waals surface area contributed by atoms with Gasteiger partial charge in [0.05, 0.1) is 35.8 Å². The Balaban J connectivity index is 1.94. The number of nitro groups is 1. The van der Waals surface area contributed by atoms with E-state index in [0.29, 0.717) is 0 Å². The second-order valence-corrected chi connectivity index (χ2v) is 9.83. The van der Waals surface area contributed by atoms with Gasteiger partial charge in [0.25, 0.3) is 15.7 Å². The van der Waals surface area contributed by atoms with Crippen molar-refractivity contribution in [3.63, 3.8) is 0 Å². The molecule has 1 aliphatic rings. The molecule has 0 amide bonds. The van der Waals surface area contributed by atoms with Gasteiger partial charge in [0.1, 0.15) is 10.6 Å². The lowest BCUT2D eigenvalue weighted by atomic mass is 10.3. The van der Waals surface area contributed by atoms with Gasteiger partial charge in [-0.3, -0.25) is 14.8 Å². The number of hydrogen-bond acceptors (Lipinski definition) is 8. The van der Waals surface area contributed by atoms with E-state index in [2.05, 4.69) is 4.72 Å². The van der Waals surface area contributed by atoms with Crippen molar-refractivity contribution in [1.82, 2.24) is 4.31 Å². The lowest BCUT2D eigenvalue weighted by Gasteiger charge is -2.26. The van der Waals surface area contributed by atoms with Gasteiger partial charge in [-0.1, -0.05) is 6.07 Å². The minimum Gasteiger partial charge on any atom is -0.495 e. The predicted molar refractivity (Wildman–Crippen MR) is 106 cm³/mol. The van der Waals surface area contributed by atoms with Gasteiger partial charge in [-0.05, 0) is 24.3 Å². The zero-order chi connectivity index (χ0) is 21.9. The van der Waals surface area contributed by atoms with Crippen LogP contribution in [0.25, 0.3) is 0 Å². The summed E-state index contributed by atoms with van der Waals surface area (Å²) in [5.74, 6) is -0.0924. The van der Waals surface area contributed by atoms with Crippen LogP contribution in [0.4, 0.5) is 11.4 Å². The fourth-order valence-electron chi connectivity index (χ4n) is 2.86. The van der Waals surface area contributed by atoms with Gasteiger partial charge in [-0.2, -0.15) is 4.31 Å². The van der Waals surface area contributed by atoms with Crippen LogP contribution in [-0.4, -0.2) is 59.5 Å². The summed E-state index contributed by atoms with van der Waals surface area (Å²) in [4.78, 5) is 9.75. The fraction of sp³-hybridized carbons (Fsp3) is 0.294. The van der Waals surface area contributed by atoms with Crippen molar-refractivity contribution in [2.45, 2.75) is 9.79 Å². The number of rotatable bonds is 7. The maximum absolute atomic E-state index is 12.8. The number of nitro benzene ring substituents is 1. The van der Waals surface area contributed by atoms with E-state index in [1.807, 2.05) is 0 Å². The number of benzene rings is 2. The fourth-order valence-corrected chi connectivity index (χ4v) is 5.55. The number of methoxy groups -OCH3 is 1. The Morgan fingerprint density at radius 3 is 2.43 bits per heavy atom. The van der Waals surface area contributed by atoms with Gasteiger partial charge in [0, 0.05) is 25.2 Å². The Kier molecular flexibility index (Phi) is 6.26. The van der Waals surface area contributed by atoms with Crippen molar-refractivity contribution in [1.29, 1.82) is 0 Å². The lowest BCUT2D eigenvalue weighted by Crippen LogP contribution is -2.40. The van der Waals surface area contributed by atoms with E-state index in [1.165, 1.54) is 41.7 Å². The number of nitrogens with zero attached hydrogens (tertiary/aromatic N) is 2. The van der Waals surface area contributed by atoms with Gasteiger partial charge >= 0.3 is 0 Å². The summed E-state index contributed by atoms with van der Waals surface area (Å²) in [6.45, 7) is 0.947. The molecule has 11 nitrogen and oxygen atoms in total. The molecule has 30 heavy (non-hydrogen) atoms. The predicted octanol–water partition coefficient (Wildman–Crippen LogP) is 1.43. The molecule has 0 atom stereocenters. The minimum atomic E-state index is -4.31. The minimum absolute atomic E-state index is 0.0158. The van der Waals surface area contributed by atoms with E-state index in [-0.39, 0.29) is 42.6 Å². The highest BCUT2D eigenvalue weighted by molar-refractivity contribution is 7.92. The zero-order valence-corrected chi connectivity index (χ0v) is 17.5.